The summed E-state index contributed by atoms with van der Waals surface area (Å²) in [4.78, 5) is 26.9. The van der Waals surface area contributed by atoms with Crippen molar-refractivity contribution in [3.63, 3.8) is 0 Å². The number of hydrogen-bond acceptors (Lipinski definition) is 4. The number of benzene rings is 1. The Bertz CT molecular complexity index is 1150. The lowest BCUT2D eigenvalue weighted by molar-refractivity contribution is -0.136. The summed E-state index contributed by atoms with van der Waals surface area (Å²) in [5.41, 5.74) is 1.35. The van der Waals surface area contributed by atoms with Crippen molar-refractivity contribution in [2.75, 3.05) is 32.7 Å². The van der Waals surface area contributed by atoms with Gasteiger partial charge in [0.2, 0.25) is 5.91 Å². The van der Waals surface area contributed by atoms with Gasteiger partial charge in [0.1, 0.15) is 6.54 Å². The van der Waals surface area contributed by atoms with Crippen molar-refractivity contribution in [1.82, 2.24) is 19.2 Å². The average Bonchev–Trinajstić information content (AvgIpc) is 3.20. The topological polar surface area (TPSA) is 98.8 Å². The fourth-order valence-corrected chi connectivity index (χ4v) is 8.21. The van der Waals surface area contributed by atoms with Gasteiger partial charge in [0.05, 0.1) is 12.1 Å². The van der Waals surface area contributed by atoms with Crippen LogP contribution in [0.25, 0.3) is 0 Å². The zero-order chi connectivity index (χ0) is 25.7. The van der Waals surface area contributed by atoms with Crippen molar-refractivity contribution in [3.8, 4) is 0 Å². The first-order chi connectivity index (χ1) is 17.0. The lowest BCUT2D eigenvalue weighted by atomic mass is 9.79. The van der Waals surface area contributed by atoms with Crippen LogP contribution in [-0.4, -0.2) is 73.9 Å². The number of halogens is 3. The fraction of sp³-hybridized carbons (Fsp3) is 0.667. The summed E-state index contributed by atoms with van der Waals surface area (Å²) >= 11 is 0. The first kappa shape index (κ1) is 25.5. The van der Waals surface area contributed by atoms with Crippen LogP contribution in [0.5, 0.6) is 0 Å². The zero-order valence-electron chi connectivity index (χ0n) is 19.9. The van der Waals surface area contributed by atoms with E-state index in [4.69, 9.17) is 0 Å². The van der Waals surface area contributed by atoms with Crippen LogP contribution in [0.1, 0.15) is 53.6 Å². The molecule has 8 nitrogen and oxygen atoms in total. The van der Waals surface area contributed by atoms with Crippen molar-refractivity contribution in [2.45, 2.75) is 56.7 Å². The quantitative estimate of drug-likeness (QED) is 0.625. The number of piperidine rings is 1. The number of likely N-dealkylation sites (tertiary alicyclic amines) is 1. The lowest BCUT2D eigenvalue weighted by Gasteiger charge is -2.33. The first-order valence-electron chi connectivity index (χ1n) is 12.5. The molecule has 2 saturated heterocycles. The van der Waals surface area contributed by atoms with Gasteiger partial charge in [0.15, 0.2) is 0 Å². The van der Waals surface area contributed by atoms with Gasteiger partial charge in [0, 0.05) is 25.2 Å². The third-order valence-corrected chi connectivity index (χ3v) is 9.86. The van der Waals surface area contributed by atoms with E-state index in [1.54, 1.807) is 17.0 Å². The SMILES string of the molecule is O=C(NCC(=O)N1CCCCC1)c1ccc2c(c1)C[C@@H]1CC[C@H](C2)[C@]12CN(CC(F)(F)F)S(=O)(=O)N2. The van der Waals surface area contributed by atoms with Crippen LogP contribution >= 0.6 is 0 Å². The van der Waals surface area contributed by atoms with E-state index >= 15 is 0 Å². The molecule has 2 bridgehead atoms. The Morgan fingerprint density at radius 2 is 1.72 bits per heavy atom. The fourth-order valence-electron chi connectivity index (χ4n) is 6.50. The van der Waals surface area contributed by atoms with E-state index < -0.39 is 28.5 Å². The average molecular weight is 529 g/mol. The molecule has 2 N–H and O–H groups in total. The Morgan fingerprint density at radius 3 is 2.39 bits per heavy atom. The number of nitrogens with one attached hydrogen (secondary N) is 2. The Morgan fingerprint density at radius 1 is 1.06 bits per heavy atom. The van der Waals surface area contributed by atoms with Crippen LogP contribution in [0.4, 0.5) is 13.2 Å². The minimum absolute atomic E-state index is 0.0689. The van der Waals surface area contributed by atoms with Crippen LogP contribution in [0.3, 0.4) is 0 Å². The van der Waals surface area contributed by atoms with Gasteiger partial charge in [-0.25, -0.2) is 0 Å². The van der Waals surface area contributed by atoms with Gasteiger partial charge in [-0.2, -0.15) is 30.6 Å². The van der Waals surface area contributed by atoms with Gasteiger partial charge in [-0.15, -0.1) is 0 Å². The van der Waals surface area contributed by atoms with E-state index in [0.29, 0.717) is 42.2 Å². The highest BCUT2D eigenvalue weighted by Gasteiger charge is 2.60. The number of nitrogens with zero attached hydrogens (tertiary/aromatic N) is 2. The molecular weight excluding hydrogens is 497 g/mol. The highest BCUT2D eigenvalue weighted by atomic mass is 32.2. The monoisotopic (exact) mass is 528 g/mol. The summed E-state index contributed by atoms with van der Waals surface area (Å²) in [7, 11) is -4.24. The molecule has 1 spiro atoms. The number of amides is 2. The van der Waals surface area contributed by atoms with E-state index in [1.807, 2.05) is 6.07 Å². The van der Waals surface area contributed by atoms with Crippen molar-refractivity contribution in [3.05, 3.63) is 34.9 Å². The number of carbonyl (C=O) groups excluding carboxylic acids is 2. The predicted molar refractivity (Wildman–Crippen MR) is 125 cm³/mol. The van der Waals surface area contributed by atoms with E-state index in [-0.39, 0.29) is 36.7 Å². The van der Waals surface area contributed by atoms with E-state index in [1.165, 1.54) is 0 Å². The maximum atomic E-state index is 13.1. The second-order valence-electron chi connectivity index (χ2n) is 10.5. The van der Waals surface area contributed by atoms with E-state index in [2.05, 4.69) is 10.0 Å². The second-order valence-corrected chi connectivity index (χ2v) is 12.2. The Balaban J connectivity index is 1.30. The third-order valence-electron chi connectivity index (χ3n) is 8.28. The molecule has 12 heteroatoms. The number of alkyl halides is 3. The summed E-state index contributed by atoms with van der Waals surface area (Å²) < 4.78 is 67.6. The number of carbonyl (C=O) groups is 2. The predicted octanol–water partition coefficient (Wildman–Crippen LogP) is 2.00. The highest BCUT2D eigenvalue weighted by Crippen LogP contribution is 2.50. The normalized spacial score (nSPS) is 29.7. The molecule has 1 aromatic carbocycles. The molecule has 2 aliphatic heterocycles. The van der Waals surface area contributed by atoms with E-state index in [9.17, 15) is 31.2 Å². The molecule has 2 aliphatic carbocycles. The standard InChI is InChI=1S/C24H31F3N4O4S/c25-24(26,27)15-31-14-23(29-36(31,34)35)19-6-7-20(23)12-18-10-17(5-4-16(18)11-19)22(33)28-13-21(32)30-8-2-1-3-9-30/h4-5,10,19-20,29H,1-3,6-9,11-15H2,(H,28,33)/t19-,20+,23-/m1/s1. The summed E-state index contributed by atoms with van der Waals surface area (Å²) in [6.45, 7) is -0.356. The smallest absolute Gasteiger partial charge is 0.343 e. The highest BCUT2D eigenvalue weighted by molar-refractivity contribution is 7.87. The van der Waals surface area contributed by atoms with Crippen molar-refractivity contribution >= 4 is 22.0 Å². The van der Waals surface area contributed by atoms with Gasteiger partial charge in [-0.1, -0.05) is 6.07 Å². The molecule has 0 unspecified atom stereocenters. The minimum atomic E-state index is -4.62. The van der Waals surface area contributed by atoms with Gasteiger partial charge in [-0.3, -0.25) is 9.59 Å². The molecule has 2 amide bonds. The Kier molecular flexibility index (Phi) is 6.57. The van der Waals surface area contributed by atoms with Crippen molar-refractivity contribution < 1.29 is 31.2 Å². The summed E-state index contributed by atoms with van der Waals surface area (Å²) in [6, 6.07) is 5.32. The molecule has 1 aromatic rings. The third kappa shape index (κ3) is 4.87. The number of rotatable bonds is 4. The molecule has 1 saturated carbocycles. The largest absolute Gasteiger partial charge is 0.402 e. The van der Waals surface area contributed by atoms with E-state index in [0.717, 1.165) is 36.8 Å². The van der Waals surface area contributed by atoms with Crippen LogP contribution in [0, 0.1) is 11.8 Å². The van der Waals surface area contributed by atoms with Crippen LogP contribution in [0.15, 0.2) is 18.2 Å². The maximum Gasteiger partial charge on any atom is 0.402 e. The first-order valence-corrected chi connectivity index (χ1v) is 13.9. The van der Waals surface area contributed by atoms with Gasteiger partial charge < -0.3 is 10.2 Å². The molecule has 36 heavy (non-hydrogen) atoms. The summed E-state index contributed by atoms with van der Waals surface area (Å²) in [5, 5.41) is 2.70. The molecule has 3 fully saturated rings. The zero-order valence-corrected chi connectivity index (χ0v) is 20.8. The van der Waals surface area contributed by atoms with Gasteiger partial charge >= 0.3 is 6.18 Å². The molecule has 2 heterocycles. The molecular formula is C24H31F3N4O4S. The van der Waals surface area contributed by atoms with Gasteiger partial charge in [0.25, 0.3) is 16.1 Å². The van der Waals surface area contributed by atoms with Crippen molar-refractivity contribution in [2.24, 2.45) is 11.8 Å². The van der Waals surface area contributed by atoms with Crippen LogP contribution in [-0.2, 0) is 27.8 Å². The molecule has 0 radical (unpaired) electrons. The molecule has 4 aliphatic rings. The Hall–Kier alpha value is -2.18. The molecule has 5 rings (SSSR count). The van der Waals surface area contributed by atoms with Gasteiger partial charge in [-0.05, 0) is 80.0 Å². The molecule has 0 aromatic heterocycles. The maximum absolute atomic E-state index is 13.1. The lowest BCUT2D eigenvalue weighted by Crippen LogP contribution is -2.52. The summed E-state index contributed by atoms with van der Waals surface area (Å²) in [5.74, 6) is -0.756. The summed E-state index contributed by atoms with van der Waals surface area (Å²) in [6.07, 6.45) is 0.865. The second kappa shape index (κ2) is 9.29. The van der Waals surface area contributed by atoms with Crippen LogP contribution < -0.4 is 10.0 Å². The number of hydrogen-bond donors (Lipinski definition) is 2. The molecule has 3 atom stereocenters. The van der Waals surface area contributed by atoms with Crippen LogP contribution in [0.2, 0.25) is 0 Å². The Labute approximate surface area is 208 Å². The minimum Gasteiger partial charge on any atom is -0.343 e. The number of fused-ring (bicyclic) bond motifs is 1. The molecule has 198 valence electrons. The van der Waals surface area contributed by atoms with Crippen molar-refractivity contribution in [1.29, 1.82) is 0 Å².